The maximum absolute atomic E-state index is 12.1. The standard InChI is InChI=1S/C22H15Cl2NO4/c23-18-11-8-16(12-19(18)24)20(26)13-29-22(28)15-6-9-17(10-7-15)25-21(27)14-4-2-1-3-5-14/h1-12H,13H2,(H,25,27). The predicted octanol–water partition coefficient (Wildman–Crippen LogP) is 5.29. The van der Waals surface area contributed by atoms with Gasteiger partial charge >= 0.3 is 5.97 Å². The van der Waals surface area contributed by atoms with Crippen molar-refractivity contribution in [3.05, 3.63) is 99.5 Å². The number of esters is 1. The maximum Gasteiger partial charge on any atom is 0.338 e. The van der Waals surface area contributed by atoms with Crippen molar-refractivity contribution in [3.8, 4) is 0 Å². The third-order valence-electron chi connectivity index (χ3n) is 3.99. The van der Waals surface area contributed by atoms with Gasteiger partial charge in [-0.05, 0) is 54.6 Å². The highest BCUT2D eigenvalue weighted by molar-refractivity contribution is 6.42. The van der Waals surface area contributed by atoms with Gasteiger partial charge in [0.05, 0.1) is 15.6 Å². The normalized spacial score (nSPS) is 10.3. The molecule has 0 atom stereocenters. The Bertz CT molecular complexity index is 1050. The summed E-state index contributed by atoms with van der Waals surface area (Å²) in [4.78, 5) is 36.4. The fourth-order valence-electron chi connectivity index (χ4n) is 2.45. The number of ether oxygens (including phenoxy) is 1. The molecule has 0 aromatic heterocycles. The lowest BCUT2D eigenvalue weighted by atomic mass is 10.1. The number of hydrogen-bond donors (Lipinski definition) is 1. The molecule has 0 fully saturated rings. The molecule has 0 saturated carbocycles. The van der Waals surface area contributed by atoms with E-state index >= 15 is 0 Å². The van der Waals surface area contributed by atoms with Crippen molar-refractivity contribution < 1.29 is 19.1 Å². The average molecular weight is 428 g/mol. The van der Waals surface area contributed by atoms with Crippen LogP contribution in [0.15, 0.2) is 72.8 Å². The Hall–Kier alpha value is -3.15. The van der Waals surface area contributed by atoms with Crippen LogP contribution < -0.4 is 5.32 Å². The van der Waals surface area contributed by atoms with Crippen LogP contribution in [-0.2, 0) is 4.74 Å². The van der Waals surface area contributed by atoms with Gasteiger partial charge in [0, 0.05) is 16.8 Å². The van der Waals surface area contributed by atoms with Crippen LogP contribution >= 0.6 is 23.2 Å². The first-order chi connectivity index (χ1) is 13.9. The smallest absolute Gasteiger partial charge is 0.338 e. The molecule has 0 bridgehead atoms. The van der Waals surface area contributed by atoms with E-state index in [0.717, 1.165) is 0 Å². The maximum atomic E-state index is 12.1. The largest absolute Gasteiger partial charge is 0.454 e. The van der Waals surface area contributed by atoms with Gasteiger partial charge < -0.3 is 10.1 Å². The molecule has 0 spiro atoms. The van der Waals surface area contributed by atoms with Gasteiger partial charge in [0.15, 0.2) is 12.4 Å². The van der Waals surface area contributed by atoms with Crippen LogP contribution in [0.4, 0.5) is 5.69 Å². The Morgan fingerprint density at radius 1 is 0.759 bits per heavy atom. The van der Waals surface area contributed by atoms with E-state index in [1.165, 1.54) is 30.3 Å². The van der Waals surface area contributed by atoms with Gasteiger partial charge in [-0.1, -0.05) is 41.4 Å². The minimum Gasteiger partial charge on any atom is -0.454 e. The van der Waals surface area contributed by atoms with Crippen LogP contribution in [0.3, 0.4) is 0 Å². The Kier molecular flexibility index (Phi) is 6.65. The summed E-state index contributed by atoms with van der Waals surface area (Å²) in [6.07, 6.45) is 0. The van der Waals surface area contributed by atoms with E-state index < -0.39 is 18.4 Å². The lowest BCUT2D eigenvalue weighted by Gasteiger charge is -2.07. The number of benzene rings is 3. The number of carbonyl (C=O) groups is 3. The second-order valence-corrected chi connectivity index (χ2v) is 6.84. The molecule has 3 rings (SSSR count). The number of hydrogen-bond acceptors (Lipinski definition) is 4. The van der Waals surface area contributed by atoms with Crippen LogP contribution in [0.5, 0.6) is 0 Å². The number of halogens is 2. The molecule has 0 aliphatic heterocycles. The van der Waals surface area contributed by atoms with Crippen LogP contribution in [0.1, 0.15) is 31.1 Å². The van der Waals surface area contributed by atoms with E-state index in [2.05, 4.69) is 5.32 Å². The molecule has 0 heterocycles. The highest BCUT2D eigenvalue weighted by atomic mass is 35.5. The van der Waals surface area contributed by atoms with Crippen LogP contribution in [0, 0.1) is 0 Å². The summed E-state index contributed by atoms with van der Waals surface area (Å²) in [5.41, 5.74) is 1.61. The molecule has 29 heavy (non-hydrogen) atoms. The lowest BCUT2D eigenvalue weighted by Crippen LogP contribution is -2.15. The number of amides is 1. The van der Waals surface area contributed by atoms with Crippen LogP contribution in [0.2, 0.25) is 10.0 Å². The Labute approximate surface area is 177 Å². The second kappa shape index (κ2) is 9.37. The van der Waals surface area contributed by atoms with E-state index in [1.807, 2.05) is 6.07 Å². The van der Waals surface area contributed by atoms with Crippen molar-refractivity contribution in [1.29, 1.82) is 0 Å². The first-order valence-electron chi connectivity index (χ1n) is 8.56. The summed E-state index contributed by atoms with van der Waals surface area (Å²) in [7, 11) is 0. The molecule has 1 amide bonds. The molecule has 7 heteroatoms. The SMILES string of the molecule is O=C(COC(=O)c1ccc(NC(=O)c2ccccc2)cc1)c1ccc(Cl)c(Cl)c1. The molecule has 1 N–H and O–H groups in total. The highest BCUT2D eigenvalue weighted by Crippen LogP contribution is 2.23. The summed E-state index contributed by atoms with van der Waals surface area (Å²) in [5.74, 6) is -1.31. The fraction of sp³-hybridized carbons (Fsp3) is 0.0455. The fourth-order valence-corrected chi connectivity index (χ4v) is 2.75. The van der Waals surface area contributed by atoms with Crippen LogP contribution in [0.25, 0.3) is 0 Å². The third-order valence-corrected chi connectivity index (χ3v) is 4.73. The van der Waals surface area contributed by atoms with Crippen molar-refractivity contribution in [3.63, 3.8) is 0 Å². The quantitative estimate of drug-likeness (QED) is 0.428. The van der Waals surface area contributed by atoms with Gasteiger partial charge in [0.1, 0.15) is 0 Å². The zero-order valence-corrected chi connectivity index (χ0v) is 16.5. The summed E-state index contributed by atoms with van der Waals surface area (Å²) in [6.45, 7) is -0.427. The zero-order valence-electron chi connectivity index (χ0n) is 15.0. The van der Waals surface area contributed by atoms with E-state index in [-0.39, 0.29) is 16.5 Å². The summed E-state index contributed by atoms with van der Waals surface area (Å²) in [6, 6.07) is 19.4. The van der Waals surface area contributed by atoms with E-state index in [4.69, 9.17) is 27.9 Å². The number of anilines is 1. The zero-order chi connectivity index (χ0) is 20.8. The van der Waals surface area contributed by atoms with Gasteiger partial charge in [0.2, 0.25) is 0 Å². The monoisotopic (exact) mass is 427 g/mol. The second-order valence-electron chi connectivity index (χ2n) is 6.03. The van der Waals surface area contributed by atoms with Gasteiger partial charge in [-0.2, -0.15) is 0 Å². The van der Waals surface area contributed by atoms with Gasteiger partial charge in [-0.25, -0.2) is 4.79 Å². The van der Waals surface area contributed by atoms with Crippen molar-refractivity contribution >= 4 is 46.5 Å². The lowest BCUT2D eigenvalue weighted by molar-refractivity contribution is 0.0475. The number of Topliss-reactive ketones (excluding diaryl/α,β-unsaturated/α-hetero) is 1. The Morgan fingerprint density at radius 2 is 1.41 bits per heavy atom. The van der Waals surface area contributed by atoms with Crippen molar-refractivity contribution in [2.45, 2.75) is 0 Å². The van der Waals surface area contributed by atoms with Gasteiger partial charge in [0.25, 0.3) is 5.91 Å². The summed E-state index contributed by atoms with van der Waals surface area (Å²) in [5, 5.41) is 3.32. The van der Waals surface area contributed by atoms with E-state index in [1.54, 1.807) is 36.4 Å². The molecule has 146 valence electrons. The van der Waals surface area contributed by atoms with Crippen LogP contribution in [-0.4, -0.2) is 24.3 Å². The Morgan fingerprint density at radius 3 is 2.07 bits per heavy atom. The summed E-state index contributed by atoms with van der Waals surface area (Å²) >= 11 is 11.7. The minimum absolute atomic E-state index is 0.247. The molecule has 0 aliphatic carbocycles. The minimum atomic E-state index is -0.653. The topological polar surface area (TPSA) is 72.5 Å². The average Bonchev–Trinajstić information content (AvgIpc) is 2.74. The highest BCUT2D eigenvalue weighted by Gasteiger charge is 2.13. The molecular weight excluding hydrogens is 413 g/mol. The molecule has 3 aromatic carbocycles. The molecule has 0 radical (unpaired) electrons. The first kappa shape index (κ1) is 20.6. The van der Waals surface area contributed by atoms with Gasteiger partial charge in [-0.3, -0.25) is 9.59 Å². The van der Waals surface area contributed by atoms with Crippen molar-refractivity contribution in [2.24, 2.45) is 0 Å². The molecule has 0 unspecified atom stereocenters. The summed E-state index contributed by atoms with van der Waals surface area (Å²) < 4.78 is 5.05. The molecular formula is C22H15Cl2NO4. The molecule has 3 aromatic rings. The molecule has 0 saturated heterocycles. The van der Waals surface area contributed by atoms with Gasteiger partial charge in [-0.15, -0.1) is 0 Å². The number of nitrogens with one attached hydrogen (secondary N) is 1. The predicted molar refractivity (Wildman–Crippen MR) is 112 cm³/mol. The van der Waals surface area contributed by atoms with Crippen molar-refractivity contribution in [2.75, 3.05) is 11.9 Å². The molecule has 5 nitrogen and oxygen atoms in total. The van der Waals surface area contributed by atoms with E-state index in [0.29, 0.717) is 21.8 Å². The van der Waals surface area contributed by atoms with E-state index in [9.17, 15) is 14.4 Å². The van der Waals surface area contributed by atoms with Crippen molar-refractivity contribution in [1.82, 2.24) is 0 Å². The number of ketones is 1. The number of rotatable bonds is 6. The first-order valence-corrected chi connectivity index (χ1v) is 9.31. The molecule has 0 aliphatic rings. The third kappa shape index (κ3) is 5.44. The Balaban J connectivity index is 1.56. The number of carbonyl (C=O) groups excluding carboxylic acids is 3.